The first-order valence-corrected chi connectivity index (χ1v) is 6.08. The lowest BCUT2D eigenvalue weighted by atomic mass is 10.1. The molecule has 0 spiro atoms. The van der Waals surface area contributed by atoms with Gasteiger partial charge in [0.05, 0.1) is 5.56 Å². The van der Waals surface area contributed by atoms with Gasteiger partial charge in [-0.2, -0.15) is 13.8 Å². The van der Waals surface area contributed by atoms with E-state index in [4.69, 9.17) is 0 Å². The predicted octanol–water partition coefficient (Wildman–Crippen LogP) is 4.52. The first-order chi connectivity index (χ1) is 9.08. The third kappa shape index (κ3) is 1.88. The predicted molar refractivity (Wildman–Crippen MR) is 64.9 cm³/mol. The van der Waals surface area contributed by atoms with E-state index in [2.05, 4.69) is 4.98 Å². The normalized spacial score (nSPS) is 11.2. The minimum Gasteiger partial charge on any atom is -0.201 e. The van der Waals surface area contributed by atoms with Crippen molar-refractivity contribution in [2.24, 2.45) is 0 Å². The Kier molecular flexibility index (Phi) is 2.74. The Labute approximate surface area is 109 Å². The van der Waals surface area contributed by atoms with Gasteiger partial charge in [-0.3, -0.25) is 0 Å². The number of rotatable bonds is 1. The molecule has 0 amide bonds. The van der Waals surface area contributed by atoms with Gasteiger partial charge >= 0.3 is 0 Å². The summed E-state index contributed by atoms with van der Waals surface area (Å²) in [5.41, 5.74) is -0.716. The quantitative estimate of drug-likeness (QED) is 0.472. The van der Waals surface area contributed by atoms with Crippen LogP contribution < -0.4 is 0 Å². The molecule has 96 valence electrons. The van der Waals surface area contributed by atoms with E-state index in [9.17, 15) is 17.6 Å². The molecule has 0 aliphatic heterocycles. The highest BCUT2D eigenvalue weighted by Gasteiger charge is 2.23. The van der Waals surface area contributed by atoms with Gasteiger partial charge in [0.1, 0.15) is 0 Å². The van der Waals surface area contributed by atoms with Gasteiger partial charge in [0.15, 0.2) is 11.6 Å². The summed E-state index contributed by atoms with van der Waals surface area (Å²) in [6.07, 6.45) is 0. The summed E-state index contributed by atoms with van der Waals surface area (Å²) in [6.45, 7) is 0. The van der Waals surface area contributed by atoms with Crippen LogP contribution in [0, 0.1) is 23.5 Å². The third-order valence-electron chi connectivity index (χ3n) is 2.67. The van der Waals surface area contributed by atoms with Crippen molar-refractivity contribution in [3.63, 3.8) is 0 Å². The highest BCUT2D eigenvalue weighted by molar-refractivity contribution is 7.22. The molecule has 1 aromatic carbocycles. The van der Waals surface area contributed by atoms with E-state index < -0.39 is 29.1 Å². The fraction of sp³-hybridized carbons (Fsp3) is 0. The van der Waals surface area contributed by atoms with Crippen LogP contribution in [-0.2, 0) is 0 Å². The van der Waals surface area contributed by atoms with Crippen LogP contribution in [0.25, 0.3) is 20.5 Å². The van der Waals surface area contributed by atoms with Crippen molar-refractivity contribution in [3.8, 4) is 10.4 Å². The molecule has 0 fully saturated rings. The number of aromatic nitrogens is 1. The number of benzene rings is 1. The van der Waals surface area contributed by atoms with Crippen LogP contribution >= 0.6 is 11.3 Å². The summed E-state index contributed by atoms with van der Waals surface area (Å²) in [5.74, 6) is -6.26. The van der Waals surface area contributed by atoms with Gasteiger partial charge in [-0.15, -0.1) is 11.3 Å². The highest BCUT2D eigenvalue weighted by Crippen LogP contribution is 2.36. The number of nitrogens with zero attached hydrogens (tertiary/aromatic N) is 1. The molecule has 0 aliphatic rings. The van der Waals surface area contributed by atoms with Gasteiger partial charge in [0.25, 0.3) is 11.9 Å². The van der Waals surface area contributed by atoms with Crippen LogP contribution in [0.2, 0.25) is 0 Å². The molecule has 3 rings (SSSR count). The minimum absolute atomic E-state index is 0.122. The molecule has 0 radical (unpaired) electrons. The van der Waals surface area contributed by atoms with E-state index in [-0.39, 0.29) is 4.88 Å². The van der Waals surface area contributed by atoms with E-state index in [0.29, 0.717) is 0 Å². The lowest BCUT2D eigenvalue weighted by Crippen LogP contribution is -2.01. The number of halogens is 4. The topological polar surface area (TPSA) is 12.9 Å². The van der Waals surface area contributed by atoms with Crippen molar-refractivity contribution in [2.75, 3.05) is 0 Å². The van der Waals surface area contributed by atoms with Gasteiger partial charge < -0.3 is 0 Å². The summed E-state index contributed by atoms with van der Waals surface area (Å²) in [5, 5.41) is 0.749. The Bertz CT molecular complexity index is 722. The summed E-state index contributed by atoms with van der Waals surface area (Å²) >= 11 is 1.05. The molecule has 1 nitrogen and oxygen atoms in total. The molecular weight excluding hydrogens is 278 g/mol. The molecule has 0 aliphatic carbocycles. The van der Waals surface area contributed by atoms with E-state index >= 15 is 0 Å². The Morgan fingerprint density at radius 2 is 1.53 bits per heavy atom. The molecule has 0 saturated carbocycles. The second-order valence-electron chi connectivity index (χ2n) is 3.84. The van der Waals surface area contributed by atoms with Crippen molar-refractivity contribution in [1.82, 2.24) is 4.98 Å². The molecule has 19 heavy (non-hydrogen) atoms. The van der Waals surface area contributed by atoms with Gasteiger partial charge in [-0.1, -0.05) is 18.2 Å². The van der Waals surface area contributed by atoms with Gasteiger partial charge in [-0.05, 0) is 17.5 Å². The van der Waals surface area contributed by atoms with E-state index in [0.717, 1.165) is 21.4 Å². The number of hydrogen-bond acceptors (Lipinski definition) is 2. The zero-order chi connectivity index (χ0) is 13.6. The van der Waals surface area contributed by atoms with Crippen molar-refractivity contribution in [3.05, 3.63) is 53.9 Å². The van der Waals surface area contributed by atoms with Crippen LogP contribution in [0.4, 0.5) is 17.6 Å². The van der Waals surface area contributed by atoms with E-state index in [1.165, 1.54) is 6.07 Å². The monoisotopic (exact) mass is 283 g/mol. The second-order valence-corrected chi connectivity index (χ2v) is 4.93. The molecule has 0 bridgehead atoms. The van der Waals surface area contributed by atoms with Crippen molar-refractivity contribution in [1.29, 1.82) is 0 Å². The zero-order valence-corrected chi connectivity index (χ0v) is 10.1. The average Bonchev–Trinajstić information content (AvgIpc) is 2.80. The van der Waals surface area contributed by atoms with Crippen LogP contribution in [0.3, 0.4) is 0 Å². The first kappa shape index (κ1) is 12.1. The van der Waals surface area contributed by atoms with Crippen LogP contribution in [0.5, 0.6) is 0 Å². The molecule has 2 heterocycles. The fourth-order valence-corrected chi connectivity index (χ4v) is 2.90. The standard InChI is InChI=1S/C13H5F4NS/c14-10-9(11(15)13(17)18-12(10)16)8-5-6-3-1-2-4-7(6)19-8/h1-5H. The van der Waals surface area contributed by atoms with Crippen molar-refractivity contribution in [2.45, 2.75) is 0 Å². The molecule has 2 aromatic heterocycles. The minimum atomic E-state index is -1.65. The van der Waals surface area contributed by atoms with Crippen LogP contribution in [0.15, 0.2) is 30.3 Å². The molecule has 0 atom stereocenters. The summed E-state index contributed by atoms with van der Waals surface area (Å²) < 4.78 is 54.2. The largest absolute Gasteiger partial charge is 0.252 e. The van der Waals surface area contributed by atoms with Crippen molar-refractivity contribution < 1.29 is 17.6 Å². The second kappa shape index (κ2) is 4.31. The van der Waals surface area contributed by atoms with Gasteiger partial charge in [-0.25, -0.2) is 8.78 Å². The molecule has 0 unspecified atom stereocenters. The lowest BCUT2D eigenvalue weighted by molar-refractivity contribution is 0.411. The van der Waals surface area contributed by atoms with Crippen molar-refractivity contribution >= 4 is 21.4 Å². The number of fused-ring (bicyclic) bond motifs is 1. The highest BCUT2D eigenvalue weighted by atomic mass is 32.1. The van der Waals surface area contributed by atoms with Crippen LogP contribution in [0.1, 0.15) is 0 Å². The Morgan fingerprint density at radius 3 is 2.16 bits per heavy atom. The average molecular weight is 283 g/mol. The SMILES string of the molecule is Fc1nc(F)c(F)c(-c2cc3ccccc3s2)c1F. The maximum absolute atomic E-state index is 13.6. The lowest BCUT2D eigenvalue weighted by Gasteiger charge is -2.03. The molecule has 3 aromatic rings. The van der Waals surface area contributed by atoms with Gasteiger partial charge in [0.2, 0.25) is 0 Å². The zero-order valence-electron chi connectivity index (χ0n) is 9.25. The molecule has 6 heteroatoms. The Balaban J connectivity index is 2.32. The van der Waals surface area contributed by atoms with E-state index in [1.807, 2.05) is 0 Å². The summed E-state index contributed by atoms with van der Waals surface area (Å²) in [6, 6.07) is 8.52. The Morgan fingerprint density at radius 1 is 0.895 bits per heavy atom. The number of thiophene rings is 1. The maximum Gasteiger partial charge on any atom is 0.252 e. The summed E-state index contributed by atoms with van der Waals surface area (Å²) in [7, 11) is 0. The third-order valence-corrected chi connectivity index (χ3v) is 3.80. The Hall–Kier alpha value is -1.95. The maximum atomic E-state index is 13.6. The van der Waals surface area contributed by atoms with E-state index in [1.54, 1.807) is 24.3 Å². The first-order valence-electron chi connectivity index (χ1n) is 5.27. The smallest absolute Gasteiger partial charge is 0.201 e. The molecule has 0 saturated heterocycles. The van der Waals surface area contributed by atoms with Gasteiger partial charge in [0, 0.05) is 9.58 Å². The number of pyridine rings is 1. The number of hydrogen-bond donors (Lipinski definition) is 0. The summed E-state index contributed by atoms with van der Waals surface area (Å²) in [4.78, 5) is 2.66. The van der Waals surface area contributed by atoms with Crippen LogP contribution in [-0.4, -0.2) is 4.98 Å². The molecule has 0 N–H and O–H groups in total. The molecular formula is C13H5F4NS. The fourth-order valence-electron chi connectivity index (χ4n) is 1.81.